The summed E-state index contributed by atoms with van der Waals surface area (Å²) in [7, 11) is 0. The Morgan fingerprint density at radius 2 is 1.95 bits per heavy atom. The van der Waals surface area contributed by atoms with Crippen molar-refractivity contribution in [2.45, 2.75) is 34.1 Å². The molecule has 6 heteroatoms. The van der Waals surface area contributed by atoms with Crippen molar-refractivity contribution in [1.82, 2.24) is 15.0 Å². The van der Waals surface area contributed by atoms with E-state index in [-0.39, 0.29) is 5.28 Å². The molecule has 0 aliphatic carbocycles. The smallest absolute Gasteiger partial charge is 0.231 e. The maximum Gasteiger partial charge on any atom is 0.231 e. The molecule has 1 aliphatic rings. The van der Waals surface area contributed by atoms with Gasteiger partial charge in [0, 0.05) is 26.2 Å². The van der Waals surface area contributed by atoms with Crippen LogP contribution in [0.4, 0.5) is 11.9 Å². The minimum Gasteiger partial charge on any atom is -0.341 e. The second kappa shape index (κ2) is 6.57. The van der Waals surface area contributed by atoms with Gasteiger partial charge in [0.05, 0.1) is 0 Å². The van der Waals surface area contributed by atoms with Gasteiger partial charge in [0.1, 0.15) is 0 Å². The van der Waals surface area contributed by atoms with Gasteiger partial charge in [-0.25, -0.2) is 0 Å². The fourth-order valence-electron chi connectivity index (χ4n) is 2.63. The Bertz CT molecular complexity index is 447. The molecule has 0 radical (unpaired) electrons. The lowest BCUT2D eigenvalue weighted by molar-refractivity contribution is 0.422. The Balaban J connectivity index is 2.20. The average molecular weight is 298 g/mol. The summed E-state index contributed by atoms with van der Waals surface area (Å²) in [5, 5.41) is 0.282. The van der Waals surface area contributed by atoms with Gasteiger partial charge in [0.15, 0.2) is 0 Å². The molecule has 2 rings (SSSR count). The van der Waals surface area contributed by atoms with Gasteiger partial charge in [-0.3, -0.25) is 0 Å². The molecule has 1 aromatic heterocycles. The lowest BCUT2D eigenvalue weighted by Gasteiger charge is -2.22. The SMILES string of the molecule is CCN(CC)c1nc(Cl)nc(N2CCC(C(C)C)C2)n1. The van der Waals surface area contributed by atoms with Gasteiger partial charge in [-0.05, 0) is 43.7 Å². The van der Waals surface area contributed by atoms with Crippen molar-refractivity contribution >= 4 is 23.5 Å². The van der Waals surface area contributed by atoms with Crippen molar-refractivity contribution in [3.8, 4) is 0 Å². The zero-order valence-electron chi connectivity index (χ0n) is 12.8. The highest BCUT2D eigenvalue weighted by atomic mass is 35.5. The van der Waals surface area contributed by atoms with Gasteiger partial charge in [-0.2, -0.15) is 15.0 Å². The van der Waals surface area contributed by atoms with E-state index in [0.29, 0.717) is 17.8 Å². The summed E-state index contributed by atoms with van der Waals surface area (Å²) < 4.78 is 0. The first-order valence-electron chi connectivity index (χ1n) is 7.46. The summed E-state index contributed by atoms with van der Waals surface area (Å²) >= 11 is 6.07. The monoisotopic (exact) mass is 297 g/mol. The van der Waals surface area contributed by atoms with Gasteiger partial charge in [-0.15, -0.1) is 0 Å². The Kier molecular flexibility index (Phi) is 5.02. The molecule has 1 atom stereocenters. The van der Waals surface area contributed by atoms with Crippen LogP contribution in [0.5, 0.6) is 0 Å². The maximum atomic E-state index is 6.07. The summed E-state index contributed by atoms with van der Waals surface area (Å²) in [6, 6.07) is 0. The largest absolute Gasteiger partial charge is 0.341 e. The van der Waals surface area contributed by atoms with Crippen molar-refractivity contribution in [2.75, 3.05) is 36.0 Å². The second-order valence-corrected chi connectivity index (χ2v) is 5.95. The van der Waals surface area contributed by atoms with Crippen LogP contribution in [0.15, 0.2) is 0 Å². The van der Waals surface area contributed by atoms with E-state index in [1.165, 1.54) is 6.42 Å². The number of hydrogen-bond donors (Lipinski definition) is 0. The third-order valence-electron chi connectivity index (χ3n) is 4.08. The van der Waals surface area contributed by atoms with Gasteiger partial charge >= 0.3 is 0 Å². The van der Waals surface area contributed by atoms with E-state index < -0.39 is 0 Å². The van der Waals surface area contributed by atoms with Crippen molar-refractivity contribution in [1.29, 1.82) is 0 Å². The molecule has 0 aromatic carbocycles. The molecule has 0 bridgehead atoms. The highest BCUT2D eigenvalue weighted by molar-refractivity contribution is 6.28. The van der Waals surface area contributed by atoms with E-state index in [1.807, 2.05) is 0 Å². The number of nitrogens with zero attached hydrogens (tertiary/aromatic N) is 5. The molecular weight excluding hydrogens is 274 g/mol. The minimum absolute atomic E-state index is 0.282. The Labute approximate surface area is 126 Å². The molecule has 1 unspecified atom stereocenters. The van der Waals surface area contributed by atoms with Crippen LogP contribution < -0.4 is 9.80 Å². The summed E-state index contributed by atoms with van der Waals surface area (Å²) in [5.41, 5.74) is 0. The third-order valence-corrected chi connectivity index (χ3v) is 4.25. The van der Waals surface area contributed by atoms with Gasteiger partial charge < -0.3 is 9.80 Å². The van der Waals surface area contributed by atoms with Crippen LogP contribution in [0.1, 0.15) is 34.1 Å². The van der Waals surface area contributed by atoms with E-state index in [2.05, 4.69) is 52.4 Å². The van der Waals surface area contributed by atoms with E-state index in [0.717, 1.165) is 32.1 Å². The van der Waals surface area contributed by atoms with E-state index >= 15 is 0 Å². The summed E-state index contributed by atoms with van der Waals surface area (Å²) in [4.78, 5) is 17.5. The Morgan fingerprint density at radius 1 is 1.25 bits per heavy atom. The van der Waals surface area contributed by atoms with E-state index in [9.17, 15) is 0 Å². The zero-order chi connectivity index (χ0) is 14.7. The topological polar surface area (TPSA) is 45.2 Å². The van der Waals surface area contributed by atoms with Crippen LogP contribution in [0.25, 0.3) is 0 Å². The lowest BCUT2D eigenvalue weighted by atomic mass is 9.95. The Hall–Kier alpha value is -1.10. The molecule has 0 spiro atoms. The molecule has 0 saturated carbocycles. The molecule has 1 aromatic rings. The number of anilines is 2. The van der Waals surface area contributed by atoms with Crippen LogP contribution in [0, 0.1) is 11.8 Å². The number of halogens is 1. The highest BCUT2D eigenvalue weighted by Gasteiger charge is 2.27. The highest BCUT2D eigenvalue weighted by Crippen LogP contribution is 2.27. The van der Waals surface area contributed by atoms with Crippen LogP contribution in [0.3, 0.4) is 0 Å². The number of hydrogen-bond acceptors (Lipinski definition) is 5. The van der Waals surface area contributed by atoms with Gasteiger partial charge in [0.2, 0.25) is 17.2 Å². The summed E-state index contributed by atoms with van der Waals surface area (Å²) in [5.74, 6) is 2.80. The van der Waals surface area contributed by atoms with Gasteiger partial charge in [0.25, 0.3) is 0 Å². The first-order chi connectivity index (χ1) is 9.55. The molecule has 2 heterocycles. The molecule has 20 heavy (non-hydrogen) atoms. The van der Waals surface area contributed by atoms with Crippen molar-refractivity contribution in [3.05, 3.63) is 5.28 Å². The third kappa shape index (κ3) is 3.32. The molecule has 1 fully saturated rings. The average Bonchev–Trinajstić information content (AvgIpc) is 2.89. The molecule has 112 valence electrons. The van der Waals surface area contributed by atoms with Crippen molar-refractivity contribution in [2.24, 2.45) is 11.8 Å². The van der Waals surface area contributed by atoms with Crippen molar-refractivity contribution in [3.63, 3.8) is 0 Å². The molecule has 1 saturated heterocycles. The molecule has 0 amide bonds. The van der Waals surface area contributed by atoms with E-state index in [1.54, 1.807) is 0 Å². The fraction of sp³-hybridized carbons (Fsp3) is 0.786. The van der Waals surface area contributed by atoms with Crippen molar-refractivity contribution < 1.29 is 0 Å². The standard InChI is InChI=1S/C14H24ClN5/c1-5-19(6-2)13-16-12(15)17-14(18-13)20-8-7-11(9-20)10(3)4/h10-11H,5-9H2,1-4H3. The summed E-state index contributed by atoms with van der Waals surface area (Å²) in [6.45, 7) is 12.5. The number of rotatable bonds is 5. The molecule has 0 N–H and O–H groups in total. The molecular formula is C14H24ClN5. The van der Waals surface area contributed by atoms with Crippen LogP contribution >= 0.6 is 11.6 Å². The normalized spacial score (nSPS) is 18.9. The molecule has 1 aliphatic heterocycles. The predicted octanol–water partition coefficient (Wildman–Crippen LogP) is 2.85. The first-order valence-corrected chi connectivity index (χ1v) is 7.84. The Morgan fingerprint density at radius 3 is 2.50 bits per heavy atom. The zero-order valence-corrected chi connectivity index (χ0v) is 13.6. The van der Waals surface area contributed by atoms with Crippen LogP contribution in [0.2, 0.25) is 5.28 Å². The summed E-state index contributed by atoms with van der Waals surface area (Å²) in [6.07, 6.45) is 1.20. The van der Waals surface area contributed by atoms with Crippen LogP contribution in [-0.2, 0) is 0 Å². The molecule has 5 nitrogen and oxygen atoms in total. The first kappa shape index (κ1) is 15.3. The van der Waals surface area contributed by atoms with E-state index in [4.69, 9.17) is 11.6 Å². The maximum absolute atomic E-state index is 6.07. The lowest BCUT2D eigenvalue weighted by Crippen LogP contribution is -2.28. The second-order valence-electron chi connectivity index (χ2n) is 5.62. The fourth-order valence-corrected chi connectivity index (χ4v) is 2.78. The van der Waals surface area contributed by atoms with Gasteiger partial charge in [-0.1, -0.05) is 13.8 Å². The minimum atomic E-state index is 0.282. The predicted molar refractivity (Wildman–Crippen MR) is 83.6 cm³/mol. The number of aromatic nitrogens is 3. The van der Waals surface area contributed by atoms with Crippen LogP contribution in [-0.4, -0.2) is 41.1 Å². The quantitative estimate of drug-likeness (QED) is 0.836.